The van der Waals surface area contributed by atoms with Gasteiger partial charge in [0.15, 0.2) is 0 Å². The first-order valence-corrected chi connectivity index (χ1v) is 6.48. The van der Waals surface area contributed by atoms with E-state index in [0.717, 1.165) is 0 Å². The molecule has 1 aliphatic rings. The third-order valence-electron chi connectivity index (χ3n) is 3.87. The molecule has 0 atom stereocenters. The highest BCUT2D eigenvalue weighted by atomic mass is 16.4. The number of likely N-dealkylation sites (N-methyl/N-ethyl adjacent to an activating group) is 1. The Morgan fingerprint density at radius 2 is 1.90 bits per heavy atom. The first-order chi connectivity index (χ1) is 9.17. The summed E-state index contributed by atoms with van der Waals surface area (Å²) >= 11 is 0. The van der Waals surface area contributed by atoms with Crippen molar-refractivity contribution in [3.05, 3.63) is 11.3 Å². The molecule has 1 amide bonds. The van der Waals surface area contributed by atoms with Crippen LogP contribution in [0.1, 0.15) is 29.9 Å². The number of carboxylic acid groups (broad SMARTS) is 1. The number of hydrogen-bond donors (Lipinski definition) is 1. The molecule has 1 fully saturated rings. The minimum atomic E-state index is -1.02. The van der Waals surface area contributed by atoms with Crippen molar-refractivity contribution in [3.8, 4) is 0 Å². The van der Waals surface area contributed by atoms with Gasteiger partial charge in [-0.05, 0) is 20.8 Å². The monoisotopic (exact) mass is 280 g/mol. The predicted molar refractivity (Wildman–Crippen MR) is 74.0 cm³/mol. The summed E-state index contributed by atoms with van der Waals surface area (Å²) in [6, 6.07) is 0. The summed E-state index contributed by atoms with van der Waals surface area (Å²) in [5, 5.41) is 13.6. The normalized spacial score (nSPS) is 18.6. The van der Waals surface area contributed by atoms with Crippen LogP contribution in [0.3, 0.4) is 0 Å². The standard InChI is InChI=1S/C13H20N4O3/c1-8-9(11(18)19)10(16(5)14-8)17-7-6-15(4)12(20)13(17,2)3/h6-7H2,1-5H3,(H,18,19). The minimum absolute atomic E-state index is 0.0288. The van der Waals surface area contributed by atoms with Crippen molar-refractivity contribution < 1.29 is 14.7 Å². The molecule has 1 saturated heterocycles. The second-order valence-electron chi connectivity index (χ2n) is 5.65. The second kappa shape index (κ2) is 4.50. The van der Waals surface area contributed by atoms with Gasteiger partial charge < -0.3 is 14.9 Å². The average molecular weight is 280 g/mol. The fourth-order valence-corrected chi connectivity index (χ4v) is 2.79. The molecule has 1 aromatic heterocycles. The number of carboxylic acids is 1. The van der Waals surface area contributed by atoms with E-state index in [1.54, 1.807) is 44.4 Å². The van der Waals surface area contributed by atoms with Gasteiger partial charge in [0.25, 0.3) is 0 Å². The molecule has 0 radical (unpaired) electrons. The van der Waals surface area contributed by atoms with Crippen molar-refractivity contribution in [2.75, 3.05) is 25.0 Å². The molecule has 20 heavy (non-hydrogen) atoms. The fourth-order valence-electron chi connectivity index (χ4n) is 2.79. The van der Waals surface area contributed by atoms with E-state index >= 15 is 0 Å². The lowest BCUT2D eigenvalue weighted by Gasteiger charge is -2.45. The molecule has 1 aromatic rings. The Labute approximate surface area is 117 Å². The van der Waals surface area contributed by atoms with E-state index in [0.29, 0.717) is 24.6 Å². The summed E-state index contributed by atoms with van der Waals surface area (Å²) in [6.45, 7) is 6.41. The van der Waals surface area contributed by atoms with Crippen LogP contribution in [0.4, 0.5) is 5.82 Å². The van der Waals surface area contributed by atoms with Gasteiger partial charge in [-0.25, -0.2) is 4.79 Å². The molecule has 1 N–H and O–H groups in total. The third kappa shape index (κ3) is 1.93. The number of amides is 1. The molecule has 0 unspecified atom stereocenters. The highest BCUT2D eigenvalue weighted by molar-refractivity contribution is 5.97. The number of aromatic nitrogens is 2. The molecule has 0 aromatic carbocycles. The quantitative estimate of drug-likeness (QED) is 0.852. The Bertz CT molecular complexity index is 576. The third-order valence-corrected chi connectivity index (χ3v) is 3.87. The SMILES string of the molecule is Cc1nn(C)c(N2CCN(C)C(=O)C2(C)C)c1C(=O)O. The molecule has 0 spiro atoms. The van der Waals surface area contributed by atoms with Crippen molar-refractivity contribution in [1.82, 2.24) is 14.7 Å². The van der Waals surface area contributed by atoms with E-state index in [4.69, 9.17) is 0 Å². The number of aryl methyl sites for hydroxylation is 2. The van der Waals surface area contributed by atoms with Gasteiger partial charge in [-0.15, -0.1) is 0 Å². The van der Waals surface area contributed by atoms with E-state index in [9.17, 15) is 14.7 Å². The summed E-state index contributed by atoms with van der Waals surface area (Å²) in [6.07, 6.45) is 0. The number of anilines is 1. The summed E-state index contributed by atoms with van der Waals surface area (Å²) in [5.41, 5.74) is -0.174. The zero-order valence-electron chi connectivity index (χ0n) is 12.5. The van der Waals surface area contributed by atoms with Crippen LogP contribution in [0.5, 0.6) is 0 Å². The van der Waals surface area contributed by atoms with Crippen molar-refractivity contribution in [1.29, 1.82) is 0 Å². The molecular weight excluding hydrogens is 260 g/mol. The molecule has 0 bridgehead atoms. The average Bonchev–Trinajstić information content (AvgIpc) is 2.61. The van der Waals surface area contributed by atoms with Gasteiger partial charge in [0.2, 0.25) is 5.91 Å². The van der Waals surface area contributed by atoms with Gasteiger partial charge in [-0.2, -0.15) is 5.10 Å². The Kier molecular flexibility index (Phi) is 3.23. The molecule has 2 rings (SSSR count). The number of carbonyl (C=O) groups excluding carboxylic acids is 1. The van der Waals surface area contributed by atoms with Gasteiger partial charge in [0.05, 0.1) is 5.69 Å². The van der Waals surface area contributed by atoms with Crippen LogP contribution >= 0.6 is 0 Å². The molecular formula is C13H20N4O3. The highest BCUT2D eigenvalue weighted by Crippen LogP contribution is 2.32. The molecule has 7 nitrogen and oxygen atoms in total. The largest absolute Gasteiger partial charge is 0.477 e. The van der Waals surface area contributed by atoms with Crippen molar-refractivity contribution in [3.63, 3.8) is 0 Å². The molecule has 0 aliphatic carbocycles. The van der Waals surface area contributed by atoms with E-state index in [1.807, 2.05) is 4.90 Å². The van der Waals surface area contributed by atoms with Gasteiger partial charge in [-0.3, -0.25) is 9.48 Å². The predicted octanol–water partition coefficient (Wildman–Crippen LogP) is 0.484. The number of aromatic carboxylic acids is 1. The van der Waals surface area contributed by atoms with Crippen LogP contribution in [0, 0.1) is 6.92 Å². The first kappa shape index (κ1) is 14.4. The number of hydrogen-bond acceptors (Lipinski definition) is 4. The molecule has 7 heteroatoms. The zero-order chi connectivity index (χ0) is 15.2. The maximum Gasteiger partial charge on any atom is 0.341 e. The molecule has 0 saturated carbocycles. The number of nitrogens with zero attached hydrogens (tertiary/aromatic N) is 4. The number of piperazine rings is 1. The van der Waals surface area contributed by atoms with Crippen molar-refractivity contribution in [2.24, 2.45) is 7.05 Å². The molecule has 2 heterocycles. The second-order valence-corrected chi connectivity index (χ2v) is 5.65. The number of carbonyl (C=O) groups is 2. The van der Waals surface area contributed by atoms with E-state index in [1.165, 1.54) is 0 Å². The minimum Gasteiger partial charge on any atom is -0.477 e. The summed E-state index contributed by atoms with van der Waals surface area (Å²) in [5.74, 6) is -0.562. The highest BCUT2D eigenvalue weighted by Gasteiger charge is 2.43. The first-order valence-electron chi connectivity index (χ1n) is 6.48. The van der Waals surface area contributed by atoms with E-state index in [-0.39, 0.29) is 11.5 Å². The Morgan fingerprint density at radius 1 is 1.30 bits per heavy atom. The summed E-state index contributed by atoms with van der Waals surface area (Å²) < 4.78 is 1.54. The lowest BCUT2D eigenvalue weighted by Crippen LogP contribution is -2.63. The van der Waals surface area contributed by atoms with Crippen molar-refractivity contribution in [2.45, 2.75) is 26.3 Å². The Balaban J connectivity index is 2.57. The van der Waals surface area contributed by atoms with Crippen LogP contribution in [0.15, 0.2) is 0 Å². The van der Waals surface area contributed by atoms with E-state index in [2.05, 4.69) is 5.10 Å². The van der Waals surface area contributed by atoms with Crippen LogP contribution < -0.4 is 4.90 Å². The maximum atomic E-state index is 12.3. The van der Waals surface area contributed by atoms with Gasteiger partial charge >= 0.3 is 5.97 Å². The molecule has 1 aliphatic heterocycles. The van der Waals surface area contributed by atoms with Gasteiger partial charge in [0, 0.05) is 27.2 Å². The fraction of sp³-hybridized carbons (Fsp3) is 0.615. The van der Waals surface area contributed by atoms with Gasteiger partial charge in [0.1, 0.15) is 16.9 Å². The smallest absolute Gasteiger partial charge is 0.341 e. The summed E-state index contributed by atoms with van der Waals surface area (Å²) in [7, 11) is 3.46. The lowest BCUT2D eigenvalue weighted by molar-refractivity contribution is -0.136. The van der Waals surface area contributed by atoms with Crippen LogP contribution in [0.25, 0.3) is 0 Å². The Hall–Kier alpha value is -2.05. The van der Waals surface area contributed by atoms with Crippen LogP contribution in [-0.2, 0) is 11.8 Å². The summed E-state index contributed by atoms with van der Waals surface area (Å²) in [4.78, 5) is 27.3. The Morgan fingerprint density at radius 3 is 2.45 bits per heavy atom. The van der Waals surface area contributed by atoms with Gasteiger partial charge in [-0.1, -0.05) is 0 Å². The van der Waals surface area contributed by atoms with Crippen LogP contribution in [0.2, 0.25) is 0 Å². The zero-order valence-corrected chi connectivity index (χ0v) is 12.5. The topological polar surface area (TPSA) is 78.7 Å². The van der Waals surface area contributed by atoms with E-state index < -0.39 is 11.5 Å². The van der Waals surface area contributed by atoms with Crippen LogP contribution in [-0.4, -0.2) is 57.3 Å². The lowest BCUT2D eigenvalue weighted by atomic mass is 9.97. The number of rotatable bonds is 2. The van der Waals surface area contributed by atoms with Crippen molar-refractivity contribution >= 4 is 17.7 Å². The maximum absolute atomic E-state index is 12.3. The molecule has 110 valence electrons.